The van der Waals surface area contributed by atoms with Crippen LogP contribution in [0.5, 0.6) is 5.88 Å². The number of halogens is 5. The molecule has 0 aliphatic carbocycles. The number of pyridine rings is 1. The molecule has 0 amide bonds. The van der Waals surface area contributed by atoms with Crippen LogP contribution in [-0.2, 0) is 5.92 Å². The van der Waals surface area contributed by atoms with Crippen LogP contribution >= 0.6 is 0 Å². The standard InChI is InChI=1S/C15H12F5N5O/c1-8(15(18,19)20)26-12-4-3-9(5-22-12)10-7-25-11(6-21-10)23-24-13(25)14(2,16)17/h3-8H,1-2H3. The fourth-order valence-electron chi connectivity index (χ4n) is 2.10. The van der Waals surface area contributed by atoms with E-state index in [2.05, 4.69) is 20.2 Å². The van der Waals surface area contributed by atoms with Gasteiger partial charge in [-0.05, 0) is 13.0 Å². The number of ether oxygens (including phenoxy) is 1. The number of nitrogens with zero attached hydrogens (tertiary/aromatic N) is 5. The third kappa shape index (κ3) is 3.55. The fraction of sp³-hybridized carbons (Fsp3) is 0.333. The van der Waals surface area contributed by atoms with Crippen LogP contribution in [0, 0.1) is 0 Å². The molecular weight excluding hydrogens is 361 g/mol. The molecule has 0 aliphatic heterocycles. The molecule has 0 aromatic carbocycles. The summed E-state index contributed by atoms with van der Waals surface area (Å²) in [5, 5.41) is 7.07. The SMILES string of the molecule is CC(Oc1ccc(-c2cn3c(C(C)(F)F)nnc3cn2)cn1)C(F)(F)F. The van der Waals surface area contributed by atoms with Gasteiger partial charge in [0.1, 0.15) is 0 Å². The van der Waals surface area contributed by atoms with Gasteiger partial charge in [-0.3, -0.25) is 9.38 Å². The topological polar surface area (TPSA) is 65.2 Å². The van der Waals surface area contributed by atoms with Gasteiger partial charge in [0.15, 0.2) is 11.8 Å². The first-order chi connectivity index (χ1) is 12.1. The molecule has 0 N–H and O–H groups in total. The lowest BCUT2D eigenvalue weighted by molar-refractivity contribution is -0.189. The summed E-state index contributed by atoms with van der Waals surface area (Å²) >= 11 is 0. The van der Waals surface area contributed by atoms with E-state index in [4.69, 9.17) is 4.74 Å². The first-order valence-electron chi connectivity index (χ1n) is 7.34. The zero-order chi connectivity index (χ0) is 19.1. The Morgan fingerprint density at radius 2 is 1.77 bits per heavy atom. The molecule has 0 radical (unpaired) electrons. The van der Waals surface area contributed by atoms with Gasteiger partial charge in [0.05, 0.1) is 11.9 Å². The molecule has 11 heteroatoms. The van der Waals surface area contributed by atoms with Crippen molar-refractivity contribution in [3.05, 3.63) is 36.5 Å². The van der Waals surface area contributed by atoms with Crippen LogP contribution in [0.2, 0.25) is 0 Å². The number of hydrogen-bond acceptors (Lipinski definition) is 5. The predicted molar refractivity (Wildman–Crippen MR) is 79.7 cm³/mol. The lowest BCUT2D eigenvalue weighted by atomic mass is 10.2. The summed E-state index contributed by atoms with van der Waals surface area (Å²) in [6.45, 7) is 1.56. The lowest BCUT2D eigenvalue weighted by Crippen LogP contribution is -2.31. The molecule has 1 atom stereocenters. The van der Waals surface area contributed by atoms with Gasteiger partial charge in [0.25, 0.3) is 0 Å². The Bertz CT molecular complexity index is 917. The molecule has 3 aromatic rings. The van der Waals surface area contributed by atoms with Gasteiger partial charge in [-0.2, -0.15) is 22.0 Å². The van der Waals surface area contributed by atoms with Gasteiger partial charge < -0.3 is 4.74 Å². The summed E-state index contributed by atoms with van der Waals surface area (Å²) in [5.41, 5.74) is 0.806. The van der Waals surface area contributed by atoms with Crippen molar-refractivity contribution in [2.24, 2.45) is 0 Å². The molecule has 138 valence electrons. The van der Waals surface area contributed by atoms with Gasteiger partial charge >= 0.3 is 12.1 Å². The molecule has 0 fully saturated rings. The monoisotopic (exact) mass is 373 g/mol. The highest BCUT2D eigenvalue weighted by Gasteiger charge is 2.38. The maximum Gasteiger partial charge on any atom is 0.425 e. The molecule has 26 heavy (non-hydrogen) atoms. The van der Waals surface area contributed by atoms with Crippen LogP contribution in [0.3, 0.4) is 0 Å². The highest BCUT2D eigenvalue weighted by molar-refractivity contribution is 5.59. The third-order valence-corrected chi connectivity index (χ3v) is 3.48. The van der Waals surface area contributed by atoms with E-state index in [1.54, 1.807) is 0 Å². The first-order valence-corrected chi connectivity index (χ1v) is 7.34. The molecule has 0 saturated heterocycles. The molecule has 6 nitrogen and oxygen atoms in total. The average molecular weight is 373 g/mol. The van der Waals surface area contributed by atoms with Gasteiger partial charge in [-0.15, -0.1) is 10.2 Å². The van der Waals surface area contributed by atoms with Crippen LogP contribution in [0.25, 0.3) is 16.9 Å². The molecule has 3 aromatic heterocycles. The maximum atomic E-state index is 13.6. The van der Waals surface area contributed by atoms with Gasteiger partial charge in [-0.25, -0.2) is 4.98 Å². The Morgan fingerprint density at radius 1 is 1.04 bits per heavy atom. The van der Waals surface area contributed by atoms with Crippen molar-refractivity contribution in [1.82, 2.24) is 24.6 Å². The van der Waals surface area contributed by atoms with E-state index >= 15 is 0 Å². The Morgan fingerprint density at radius 3 is 2.35 bits per heavy atom. The zero-order valence-electron chi connectivity index (χ0n) is 13.5. The summed E-state index contributed by atoms with van der Waals surface area (Å²) in [4.78, 5) is 7.87. The Balaban J connectivity index is 1.90. The van der Waals surface area contributed by atoms with Crippen molar-refractivity contribution in [3.63, 3.8) is 0 Å². The normalized spacial score (nSPS) is 13.8. The zero-order valence-corrected chi connectivity index (χ0v) is 13.5. The molecule has 0 saturated carbocycles. The minimum absolute atomic E-state index is 0.136. The first kappa shape index (κ1) is 18.0. The van der Waals surface area contributed by atoms with E-state index in [0.717, 1.165) is 11.3 Å². The molecule has 0 bridgehead atoms. The van der Waals surface area contributed by atoms with Crippen molar-refractivity contribution in [1.29, 1.82) is 0 Å². The molecular formula is C15H12F5N5O. The van der Waals surface area contributed by atoms with Crippen molar-refractivity contribution in [2.75, 3.05) is 0 Å². The van der Waals surface area contributed by atoms with Crippen molar-refractivity contribution < 1.29 is 26.7 Å². The number of aromatic nitrogens is 5. The Kier molecular flexibility index (Phi) is 4.24. The number of alkyl halides is 5. The number of rotatable bonds is 4. The summed E-state index contributed by atoms with van der Waals surface area (Å²) in [6.07, 6.45) is -2.73. The van der Waals surface area contributed by atoms with Gasteiger partial charge in [0, 0.05) is 30.9 Å². The average Bonchev–Trinajstić information content (AvgIpc) is 2.98. The summed E-state index contributed by atoms with van der Waals surface area (Å²) in [6, 6.07) is 2.67. The van der Waals surface area contributed by atoms with Gasteiger partial charge in [0.2, 0.25) is 11.7 Å². The molecule has 1 unspecified atom stereocenters. The fourth-order valence-corrected chi connectivity index (χ4v) is 2.10. The van der Waals surface area contributed by atoms with Gasteiger partial charge in [-0.1, -0.05) is 0 Å². The number of fused-ring (bicyclic) bond motifs is 1. The Hall–Kier alpha value is -2.85. The minimum atomic E-state index is -4.51. The van der Waals surface area contributed by atoms with E-state index < -0.39 is 24.0 Å². The summed E-state index contributed by atoms with van der Waals surface area (Å²) < 4.78 is 70.4. The van der Waals surface area contributed by atoms with Crippen LogP contribution in [0.15, 0.2) is 30.7 Å². The van der Waals surface area contributed by atoms with Crippen LogP contribution in [-0.4, -0.2) is 36.8 Å². The molecule has 3 rings (SSSR count). The van der Waals surface area contributed by atoms with Crippen LogP contribution in [0.4, 0.5) is 22.0 Å². The van der Waals surface area contributed by atoms with E-state index in [-0.39, 0.29) is 17.2 Å². The van der Waals surface area contributed by atoms with Crippen molar-refractivity contribution in [3.8, 4) is 17.1 Å². The second-order valence-corrected chi connectivity index (χ2v) is 5.60. The highest BCUT2D eigenvalue weighted by atomic mass is 19.4. The molecule has 0 aliphatic rings. The lowest BCUT2D eigenvalue weighted by Gasteiger charge is -2.16. The smallest absolute Gasteiger partial charge is 0.425 e. The second-order valence-electron chi connectivity index (χ2n) is 5.60. The Labute approximate surface area is 143 Å². The molecule has 3 heterocycles. The largest absolute Gasteiger partial charge is 0.465 e. The predicted octanol–water partition coefficient (Wildman–Crippen LogP) is 3.63. The van der Waals surface area contributed by atoms with E-state index in [1.807, 2.05) is 0 Å². The van der Waals surface area contributed by atoms with E-state index in [0.29, 0.717) is 12.5 Å². The van der Waals surface area contributed by atoms with Crippen molar-refractivity contribution in [2.45, 2.75) is 32.1 Å². The number of hydrogen-bond donors (Lipinski definition) is 0. The quantitative estimate of drug-likeness (QED) is 0.654. The summed E-state index contributed by atoms with van der Waals surface area (Å²) in [7, 11) is 0. The van der Waals surface area contributed by atoms with Crippen LogP contribution in [0.1, 0.15) is 19.7 Å². The van der Waals surface area contributed by atoms with E-state index in [9.17, 15) is 22.0 Å². The second kappa shape index (κ2) is 6.15. The highest BCUT2D eigenvalue weighted by Crippen LogP contribution is 2.28. The maximum absolute atomic E-state index is 13.6. The summed E-state index contributed by atoms with van der Waals surface area (Å²) in [5.74, 6) is -3.98. The third-order valence-electron chi connectivity index (χ3n) is 3.48. The minimum Gasteiger partial charge on any atom is -0.465 e. The van der Waals surface area contributed by atoms with E-state index in [1.165, 1.54) is 30.7 Å². The van der Waals surface area contributed by atoms with Crippen LogP contribution < -0.4 is 4.74 Å². The molecule has 0 spiro atoms. The van der Waals surface area contributed by atoms with Crippen molar-refractivity contribution >= 4 is 5.65 Å².